The Bertz CT molecular complexity index is 1050. The van der Waals surface area contributed by atoms with Crippen molar-refractivity contribution in [2.24, 2.45) is 0 Å². The third kappa shape index (κ3) is 2.55. The van der Waals surface area contributed by atoms with E-state index in [-0.39, 0.29) is 5.75 Å². The van der Waals surface area contributed by atoms with Gasteiger partial charge in [0.25, 0.3) is 0 Å². The Hall–Kier alpha value is -2.75. The molecule has 1 aliphatic heterocycles. The lowest BCUT2D eigenvalue weighted by Gasteiger charge is -2.43. The van der Waals surface area contributed by atoms with Crippen LogP contribution in [0.4, 0.5) is 0 Å². The van der Waals surface area contributed by atoms with Gasteiger partial charge in [-0.3, -0.25) is 0 Å². The van der Waals surface area contributed by atoms with Gasteiger partial charge in [-0.2, -0.15) is 0 Å². The number of rotatable bonds is 2. The van der Waals surface area contributed by atoms with Crippen molar-refractivity contribution in [1.82, 2.24) is 0 Å². The third-order valence-corrected chi connectivity index (χ3v) is 6.76. The van der Waals surface area contributed by atoms with Crippen LogP contribution >= 0.6 is 11.8 Å². The molecular formula is C25H20O2S. The minimum atomic E-state index is -0.483. The maximum atomic E-state index is 10.0. The van der Waals surface area contributed by atoms with Crippen LogP contribution in [0.15, 0.2) is 106 Å². The Labute approximate surface area is 168 Å². The third-order valence-electron chi connectivity index (χ3n) is 5.61. The lowest BCUT2D eigenvalue weighted by molar-refractivity contribution is 0.224. The van der Waals surface area contributed by atoms with E-state index in [0.717, 1.165) is 11.1 Å². The summed E-state index contributed by atoms with van der Waals surface area (Å²) in [5, 5.41) is 19.9. The Balaban J connectivity index is 1.90. The van der Waals surface area contributed by atoms with Crippen LogP contribution in [0.25, 0.3) is 0 Å². The zero-order chi connectivity index (χ0) is 19.1. The molecule has 0 radical (unpaired) electrons. The monoisotopic (exact) mass is 384 g/mol. The molecule has 0 spiro atoms. The molecular weight excluding hydrogens is 364 g/mol. The molecule has 3 aromatic rings. The summed E-state index contributed by atoms with van der Waals surface area (Å²) in [6, 6.07) is 24.6. The SMILES string of the molecule is Oc1ccc(C2(C3=CCC(O)C=C3)c3ccccc3Sc3ccccc32)cc1. The van der Waals surface area contributed by atoms with E-state index in [4.69, 9.17) is 0 Å². The first-order valence-corrected chi connectivity index (χ1v) is 10.2. The molecule has 3 heteroatoms. The second-order valence-corrected chi connectivity index (χ2v) is 8.30. The predicted octanol–water partition coefficient (Wildman–Crippen LogP) is 5.44. The highest BCUT2D eigenvalue weighted by atomic mass is 32.2. The highest BCUT2D eigenvalue weighted by molar-refractivity contribution is 7.99. The molecule has 0 bridgehead atoms. The minimum absolute atomic E-state index is 0.259. The van der Waals surface area contributed by atoms with E-state index in [1.807, 2.05) is 18.2 Å². The van der Waals surface area contributed by atoms with Gasteiger partial charge in [-0.05, 0) is 52.9 Å². The smallest absolute Gasteiger partial charge is 0.115 e. The van der Waals surface area contributed by atoms with Crippen LogP contribution in [0.5, 0.6) is 5.75 Å². The standard InChI is InChI=1S/C25H20O2S/c26-19-13-9-17(10-14-19)25(18-11-15-20(27)16-12-18)21-5-1-3-7-23(21)28-24-8-4-2-6-22(24)25/h1-15,20,26-27H,16H2. The first-order chi connectivity index (χ1) is 13.7. The number of hydrogen-bond donors (Lipinski definition) is 2. The minimum Gasteiger partial charge on any atom is -0.508 e. The van der Waals surface area contributed by atoms with Crippen LogP contribution in [0.1, 0.15) is 23.1 Å². The summed E-state index contributed by atoms with van der Waals surface area (Å²) in [6.07, 6.45) is 6.25. The van der Waals surface area contributed by atoms with Gasteiger partial charge in [0.2, 0.25) is 0 Å². The highest BCUT2D eigenvalue weighted by Gasteiger charge is 2.45. The number of hydrogen-bond acceptors (Lipinski definition) is 3. The topological polar surface area (TPSA) is 40.5 Å². The summed E-state index contributed by atoms with van der Waals surface area (Å²) in [5.41, 5.74) is 4.25. The first kappa shape index (κ1) is 17.4. The van der Waals surface area contributed by atoms with Gasteiger partial charge in [0.15, 0.2) is 0 Å². The molecule has 1 aliphatic carbocycles. The summed E-state index contributed by atoms with van der Waals surface area (Å²) in [4.78, 5) is 2.46. The van der Waals surface area contributed by atoms with Gasteiger partial charge in [-0.25, -0.2) is 0 Å². The fraction of sp³-hybridized carbons (Fsp3) is 0.120. The van der Waals surface area contributed by atoms with Crippen molar-refractivity contribution >= 4 is 11.8 Å². The molecule has 0 aromatic heterocycles. The van der Waals surface area contributed by atoms with Gasteiger partial charge in [0.05, 0.1) is 11.5 Å². The Morgan fingerprint density at radius 3 is 2.00 bits per heavy atom. The van der Waals surface area contributed by atoms with Crippen LogP contribution in [-0.2, 0) is 5.41 Å². The van der Waals surface area contributed by atoms with Crippen LogP contribution in [0, 0.1) is 0 Å². The van der Waals surface area contributed by atoms with Crippen LogP contribution < -0.4 is 0 Å². The first-order valence-electron chi connectivity index (χ1n) is 9.43. The molecule has 2 aliphatic rings. The summed E-state index contributed by atoms with van der Waals surface area (Å²) in [6.45, 7) is 0. The Kier molecular flexibility index (Phi) is 4.15. The average Bonchev–Trinajstić information content (AvgIpc) is 2.73. The van der Waals surface area contributed by atoms with Gasteiger partial charge < -0.3 is 10.2 Å². The summed E-state index contributed by atoms with van der Waals surface area (Å²) >= 11 is 1.80. The number of aliphatic hydroxyl groups excluding tert-OH is 1. The fourth-order valence-corrected chi connectivity index (χ4v) is 5.57. The summed E-state index contributed by atoms with van der Waals surface area (Å²) in [7, 11) is 0. The highest BCUT2D eigenvalue weighted by Crippen LogP contribution is 2.56. The van der Waals surface area contributed by atoms with E-state index in [1.54, 1.807) is 23.9 Å². The Morgan fingerprint density at radius 2 is 1.43 bits per heavy atom. The molecule has 28 heavy (non-hydrogen) atoms. The number of allylic oxidation sites excluding steroid dienone is 2. The predicted molar refractivity (Wildman–Crippen MR) is 113 cm³/mol. The van der Waals surface area contributed by atoms with Gasteiger partial charge in [0.1, 0.15) is 5.75 Å². The second-order valence-electron chi connectivity index (χ2n) is 7.21. The zero-order valence-corrected chi connectivity index (χ0v) is 16.1. The van der Waals surface area contributed by atoms with Crippen molar-refractivity contribution < 1.29 is 10.2 Å². The maximum absolute atomic E-state index is 10.0. The molecule has 1 heterocycles. The van der Waals surface area contributed by atoms with Gasteiger partial charge in [-0.15, -0.1) is 0 Å². The molecule has 0 saturated heterocycles. The fourth-order valence-electron chi connectivity index (χ4n) is 4.38. The zero-order valence-electron chi connectivity index (χ0n) is 15.2. The lowest BCUT2D eigenvalue weighted by atomic mass is 9.63. The van der Waals surface area contributed by atoms with E-state index >= 15 is 0 Å². The largest absolute Gasteiger partial charge is 0.508 e. The van der Waals surface area contributed by atoms with E-state index in [1.165, 1.54) is 20.9 Å². The van der Waals surface area contributed by atoms with Crippen LogP contribution in [0.3, 0.4) is 0 Å². The van der Waals surface area contributed by atoms with Crippen molar-refractivity contribution in [2.45, 2.75) is 27.7 Å². The Morgan fingerprint density at radius 1 is 0.821 bits per heavy atom. The van der Waals surface area contributed by atoms with Crippen molar-refractivity contribution in [1.29, 1.82) is 0 Å². The number of aliphatic hydroxyl groups is 1. The van der Waals surface area contributed by atoms with Gasteiger partial charge >= 0.3 is 0 Å². The molecule has 3 aromatic carbocycles. The molecule has 0 amide bonds. The average molecular weight is 385 g/mol. The van der Waals surface area contributed by atoms with Crippen molar-refractivity contribution in [3.8, 4) is 5.75 Å². The van der Waals surface area contributed by atoms with Crippen molar-refractivity contribution in [3.63, 3.8) is 0 Å². The number of benzene rings is 3. The number of phenolic OH excluding ortho intramolecular Hbond substituents is 1. The molecule has 2 N–H and O–H groups in total. The van der Waals surface area contributed by atoms with Crippen molar-refractivity contribution in [2.75, 3.05) is 0 Å². The van der Waals surface area contributed by atoms with Gasteiger partial charge in [-0.1, -0.05) is 78.5 Å². The normalized spacial score (nSPS) is 19.5. The molecule has 1 unspecified atom stereocenters. The molecule has 2 nitrogen and oxygen atoms in total. The second kappa shape index (κ2) is 6.69. The lowest BCUT2D eigenvalue weighted by Crippen LogP contribution is -2.35. The molecule has 0 saturated carbocycles. The maximum Gasteiger partial charge on any atom is 0.115 e. The molecule has 1 atom stereocenters. The number of aromatic hydroxyl groups is 1. The molecule has 5 rings (SSSR count). The molecule has 138 valence electrons. The van der Waals surface area contributed by atoms with Crippen LogP contribution in [-0.4, -0.2) is 16.3 Å². The number of phenols is 1. The summed E-state index contributed by atoms with van der Waals surface area (Å²) < 4.78 is 0. The number of fused-ring (bicyclic) bond motifs is 2. The van der Waals surface area contributed by atoms with E-state index < -0.39 is 11.5 Å². The summed E-state index contributed by atoms with van der Waals surface area (Å²) in [5.74, 6) is 0.259. The van der Waals surface area contributed by atoms with Crippen molar-refractivity contribution in [3.05, 3.63) is 113 Å². The van der Waals surface area contributed by atoms with E-state index in [0.29, 0.717) is 6.42 Å². The van der Waals surface area contributed by atoms with E-state index in [2.05, 4.69) is 60.7 Å². The van der Waals surface area contributed by atoms with E-state index in [9.17, 15) is 10.2 Å². The quantitative estimate of drug-likeness (QED) is 0.618. The van der Waals surface area contributed by atoms with Gasteiger partial charge in [0, 0.05) is 9.79 Å². The molecule has 0 fully saturated rings. The van der Waals surface area contributed by atoms with Crippen LogP contribution in [0.2, 0.25) is 0 Å².